The van der Waals surface area contributed by atoms with Crippen LogP contribution in [0.2, 0.25) is 0 Å². The highest BCUT2D eigenvalue weighted by molar-refractivity contribution is 5.70. The Morgan fingerprint density at radius 1 is 0.348 bits per heavy atom. The lowest BCUT2D eigenvalue weighted by Gasteiger charge is -2.15. The molecular weight excluding hydrogens is 813 g/mol. The lowest BCUT2D eigenvalue weighted by atomic mass is 10.0. The molecule has 5 heteroatoms. The van der Waals surface area contributed by atoms with E-state index in [1.807, 2.05) is 0 Å². The summed E-state index contributed by atoms with van der Waals surface area (Å²) in [5.41, 5.74) is 0. The fourth-order valence-corrected chi connectivity index (χ4v) is 8.68. The van der Waals surface area contributed by atoms with Gasteiger partial charge in [0.2, 0.25) is 0 Å². The summed E-state index contributed by atoms with van der Waals surface area (Å²) < 4.78 is 10.7. The number of aliphatic hydroxyl groups is 1. The molecule has 386 valence electrons. The van der Waals surface area contributed by atoms with Crippen molar-refractivity contribution in [3.05, 3.63) is 48.6 Å². The largest absolute Gasteiger partial charge is 0.462 e. The van der Waals surface area contributed by atoms with Crippen LogP contribution in [0.25, 0.3) is 0 Å². The predicted octanol–water partition coefficient (Wildman–Crippen LogP) is 19.6. The average molecular weight is 926 g/mol. The third-order valence-electron chi connectivity index (χ3n) is 13.1. The Kier molecular flexibility index (Phi) is 55.3. The molecule has 0 fully saturated rings. The minimum absolute atomic E-state index is 0.0664. The molecule has 0 aliphatic heterocycles. The van der Waals surface area contributed by atoms with Crippen molar-refractivity contribution >= 4 is 11.9 Å². The van der Waals surface area contributed by atoms with Crippen LogP contribution in [0.3, 0.4) is 0 Å². The first-order valence-electron chi connectivity index (χ1n) is 29.2. The molecule has 5 nitrogen and oxygen atoms in total. The van der Waals surface area contributed by atoms with Crippen LogP contribution in [0, 0.1) is 0 Å². The summed E-state index contributed by atoms with van der Waals surface area (Å²) in [7, 11) is 0. The number of carbonyl (C=O) groups excluding carboxylic acids is 2. The molecule has 0 aliphatic rings. The van der Waals surface area contributed by atoms with Crippen LogP contribution in [0.4, 0.5) is 0 Å². The molecule has 0 aromatic rings. The summed E-state index contributed by atoms with van der Waals surface area (Å²) >= 11 is 0. The van der Waals surface area contributed by atoms with Gasteiger partial charge in [-0.3, -0.25) is 9.59 Å². The van der Waals surface area contributed by atoms with E-state index in [1.165, 1.54) is 225 Å². The van der Waals surface area contributed by atoms with Crippen molar-refractivity contribution in [2.24, 2.45) is 0 Å². The summed E-state index contributed by atoms with van der Waals surface area (Å²) in [5, 5.41) is 9.62. The van der Waals surface area contributed by atoms with Crippen LogP contribution in [0.1, 0.15) is 309 Å². The SMILES string of the molecule is CCCCCC/C=C\CCCCCCCC(=O)OCC(CO)OC(=O)CCCCCCCCCCCCCCCCCCCCCCCCCC/C=C\C/C=C\C/C=C\CCCCCCC. The number of allylic oxidation sites excluding steroid dienone is 8. The van der Waals surface area contributed by atoms with Gasteiger partial charge in [0.05, 0.1) is 6.61 Å². The van der Waals surface area contributed by atoms with Crippen molar-refractivity contribution < 1.29 is 24.2 Å². The number of hydrogen-bond donors (Lipinski definition) is 1. The fourth-order valence-electron chi connectivity index (χ4n) is 8.68. The summed E-state index contributed by atoms with van der Waals surface area (Å²) in [6.45, 7) is 4.13. The molecule has 0 aromatic heterocycles. The number of rotatable bonds is 54. The summed E-state index contributed by atoms with van der Waals surface area (Å²) in [4.78, 5) is 24.4. The smallest absolute Gasteiger partial charge is 0.306 e. The number of hydrogen-bond acceptors (Lipinski definition) is 5. The standard InChI is InChI=1S/C61H112O5/c1-3-5-7-9-11-13-15-17-18-19-20-21-22-23-24-25-26-27-28-29-30-31-32-33-34-35-36-37-38-39-40-41-42-44-46-48-50-52-54-56-61(64)66-59(57-62)58-65-60(63)55-53-51-49-47-45-43-16-14-12-10-8-6-4-2/h14-17,19-20,22-23,59,62H,3-13,18,21,24-58H2,1-2H3/b16-14-,17-15-,20-19-,23-22-. The zero-order valence-electron chi connectivity index (χ0n) is 44.2. The summed E-state index contributed by atoms with van der Waals surface area (Å²) in [6, 6.07) is 0. The van der Waals surface area contributed by atoms with Gasteiger partial charge in [0.1, 0.15) is 6.61 Å². The van der Waals surface area contributed by atoms with Gasteiger partial charge >= 0.3 is 11.9 Å². The summed E-state index contributed by atoms with van der Waals surface area (Å²) in [6.07, 6.45) is 75.4. The topological polar surface area (TPSA) is 72.8 Å². The van der Waals surface area contributed by atoms with Crippen LogP contribution in [-0.4, -0.2) is 36.4 Å². The van der Waals surface area contributed by atoms with Crippen molar-refractivity contribution in [3.8, 4) is 0 Å². The van der Waals surface area contributed by atoms with Crippen LogP contribution in [0.5, 0.6) is 0 Å². The van der Waals surface area contributed by atoms with Gasteiger partial charge in [0.25, 0.3) is 0 Å². The molecule has 0 spiro atoms. The van der Waals surface area contributed by atoms with E-state index < -0.39 is 6.10 Å². The van der Waals surface area contributed by atoms with E-state index in [-0.39, 0.29) is 25.2 Å². The lowest BCUT2D eigenvalue weighted by Crippen LogP contribution is -2.28. The highest BCUT2D eigenvalue weighted by Crippen LogP contribution is 2.17. The normalized spacial score (nSPS) is 12.5. The third kappa shape index (κ3) is 54.5. The van der Waals surface area contributed by atoms with E-state index in [2.05, 4.69) is 62.5 Å². The van der Waals surface area contributed by atoms with Gasteiger partial charge in [-0.25, -0.2) is 0 Å². The van der Waals surface area contributed by atoms with Gasteiger partial charge < -0.3 is 14.6 Å². The zero-order valence-corrected chi connectivity index (χ0v) is 44.2. The van der Waals surface area contributed by atoms with Crippen molar-refractivity contribution in [2.45, 2.75) is 315 Å². The molecule has 0 aliphatic carbocycles. The Morgan fingerprint density at radius 2 is 0.606 bits per heavy atom. The first-order valence-corrected chi connectivity index (χ1v) is 29.2. The quantitative estimate of drug-likeness (QED) is 0.0374. The van der Waals surface area contributed by atoms with Gasteiger partial charge in [0, 0.05) is 12.8 Å². The highest BCUT2D eigenvalue weighted by atomic mass is 16.6. The Labute approximate surface area is 411 Å². The molecule has 0 saturated carbocycles. The first kappa shape index (κ1) is 63.9. The third-order valence-corrected chi connectivity index (χ3v) is 13.1. The molecule has 0 amide bonds. The van der Waals surface area contributed by atoms with E-state index in [0.717, 1.165) is 57.8 Å². The molecule has 0 radical (unpaired) electrons. The van der Waals surface area contributed by atoms with Crippen molar-refractivity contribution in [1.82, 2.24) is 0 Å². The Morgan fingerprint density at radius 3 is 0.939 bits per heavy atom. The highest BCUT2D eigenvalue weighted by Gasteiger charge is 2.16. The molecule has 0 heterocycles. The second-order valence-corrected chi connectivity index (χ2v) is 19.7. The lowest BCUT2D eigenvalue weighted by molar-refractivity contribution is -0.161. The Hall–Kier alpha value is -2.14. The minimum Gasteiger partial charge on any atom is -0.462 e. The molecule has 1 N–H and O–H groups in total. The number of ether oxygens (including phenoxy) is 2. The van der Waals surface area contributed by atoms with E-state index in [1.54, 1.807) is 0 Å². The number of carbonyl (C=O) groups is 2. The zero-order chi connectivity index (χ0) is 47.7. The molecule has 0 bridgehead atoms. The maximum atomic E-state index is 12.3. The average Bonchev–Trinajstić information content (AvgIpc) is 3.32. The van der Waals surface area contributed by atoms with E-state index in [0.29, 0.717) is 12.8 Å². The van der Waals surface area contributed by atoms with Crippen molar-refractivity contribution in [2.75, 3.05) is 13.2 Å². The van der Waals surface area contributed by atoms with Crippen LogP contribution in [-0.2, 0) is 19.1 Å². The van der Waals surface area contributed by atoms with Gasteiger partial charge in [-0.2, -0.15) is 0 Å². The van der Waals surface area contributed by atoms with Gasteiger partial charge in [-0.15, -0.1) is 0 Å². The minimum atomic E-state index is -0.772. The van der Waals surface area contributed by atoms with Gasteiger partial charge in [-0.05, 0) is 77.0 Å². The molecule has 0 aromatic carbocycles. The van der Waals surface area contributed by atoms with E-state index >= 15 is 0 Å². The van der Waals surface area contributed by atoms with Crippen LogP contribution in [0.15, 0.2) is 48.6 Å². The maximum Gasteiger partial charge on any atom is 0.306 e. The fraction of sp³-hybridized carbons (Fsp3) is 0.836. The Bertz CT molecular complexity index is 1090. The molecule has 1 unspecified atom stereocenters. The van der Waals surface area contributed by atoms with Crippen molar-refractivity contribution in [3.63, 3.8) is 0 Å². The Balaban J connectivity index is 3.38. The van der Waals surface area contributed by atoms with E-state index in [4.69, 9.17) is 9.47 Å². The molecule has 66 heavy (non-hydrogen) atoms. The van der Waals surface area contributed by atoms with E-state index in [9.17, 15) is 14.7 Å². The monoisotopic (exact) mass is 925 g/mol. The van der Waals surface area contributed by atoms with Gasteiger partial charge in [0.15, 0.2) is 6.10 Å². The number of unbranched alkanes of at least 4 members (excludes halogenated alkanes) is 38. The van der Waals surface area contributed by atoms with Crippen LogP contribution < -0.4 is 0 Å². The number of aliphatic hydroxyl groups excluding tert-OH is 1. The maximum absolute atomic E-state index is 12.3. The predicted molar refractivity (Wildman–Crippen MR) is 288 cm³/mol. The first-order chi connectivity index (χ1) is 32.6. The van der Waals surface area contributed by atoms with Crippen LogP contribution >= 0.6 is 0 Å². The molecule has 0 saturated heterocycles. The van der Waals surface area contributed by atoms with Crippen molar-refractivity contribution in [1.29, 1.82) is 0 Å². The molecular formula is C61H112O5. The second kappa shape index (κ2) is 57.2. The second-order valence-electron chi connectivity index (χ2n) is 19.7. The number of esters is 2. The summed E-state index contributed by atoms with van der Waals surface area (Å²) in [5.74, 6) is -0.588. The molecule has 1 atom stereocenters. The molecule has 0 rings (SSSR count). The van der Waals surface area contributed by atoms with Gasteiger partial charge in [-0.1, -0.05) is 268 Å².